The van der Waals surface area contributed by atoms with Crippen LogP contribution in [-0.4, -0.2) is 108 Å². The molecule has 0 aromatic heterocycles. The lowest BCUT2D eigenvalue weighted by atomic mass is 9.96. The minimum Gasteiger partial charge on any atom is -0.394 e. The van der Waals surface area contributed by atoms with Gasteiger partial charge >= 0.3 is 0 Å². The van der Waals surface area contributed by atoms with Crippen molar-refractivity contribution in [1.82, 2.24) is 10.2 Å². The minimum absolute atomic E-state index is 0.249. The zero-order valence-corrected chi connectivity index (χ0v) is 18.1. The number of carbonyl (C=O) groups excluding carboxylic acids is 1. The molecule has 5 atom stereocenters. The highest BCUT2D eigenvalue weighted by Crippen LogP contribution is 2.20. The third-order valence-corrected chi connectivity index (χ3v) is 5.65. The summed E-state index contributed by atoms with van der Waals surface area (Å²) < 4.78 is 10.3. The fraction of sp³-hybridized carbons (Fsp3) is 0.545. The number of ether oxygens (including phenoxy) is 2. The van der Waals surface area contributed by atoms with Gasteiger partial charge in [-0.1, -0.05) is 12.1 Å². The average Bonchev–Trinajstić information content (AvgIpc) is 2.84. The number of nitriles is 1. The number of morpholine rings is 1. The molecular formula is C22H30N4O7. The van der Waals surface area contributed by atoms with E-state index in [-0.39, 0.29) is 5.57 Å². The van der Waals surface area contributed by atoms with Crippen LogP contribution in [0.15, 0.2) is 29.8 Å². The normalized spacial score (nSPS) is 28.7. The van der Waals surface area contributed by atoms with Gasteiger partial charge in [0.1, 0.15) is 36.0 Å². The molecule has 11 nitrogen and oxygen atoms in total. The molecule has 180 valence electrons. The first-order valence-corrected chi connectivity index (χ1v) is 10.8. The molecule has 0 radical (unpaired) electrons. The van der Waals surface area contributed by atoms with Gasteiger partial charge in [-0.05, 0) is 23.8 Å². The molecule has 1 amide bonds. The van der Waals surface area contributed by atoms with Crippen molar-refractivity contribution in [3.63, 3.8) is 0 Å². The number of hydrogen-bond acceptors (Lipinski definition) is 10. The Bertz CT molecular complexity index is 851. The molecule has 1 aromatic carbocycles. The summed E-state index contributed by atoms with van der Waals surface area (Å²) in [6.07, 6.45) is -4.57. The van der Waals surface area contributed by atoms with Gasteiger partial charge in [-0.15, -0.1) is 0 Å². The molecular weight excluding hydrogens is 432 g/mol. The van der Waals surface area contributed by atoms with Gasteiger partial charge < -0.3 is 40.5 Å². The van der Waals surface area contributed by atoms with Crippen molar-refractivity contribution in [3.8, 4) is 6.07 Å². The Morgan fingerprint density at radius 3 is 2.52 bits per heavy atom. The van der Waals surface area contributed by atoms with E-state index >= 15 is 0 Å². The van der Waals surface area contributed by atoms with Crippen LogP contribution in [0.5, 0.6) is 0 Å². The second kappa shape index (κ2) is 12.1. The molecule has 2 aliphatic rings. The summed E-state index contributed by atoms with van der Waals surface area (Å²) in [5.41, 5.74) is 1.27. The van der Waals surface area contributed by atoms with Crippen LogP contribution in [0.3, 0.4) is 0 Å². The maximum absolute atomic E-state index is 12.5. The Balaban J connectivity index is 1.55. The molecule has 1 aromatic rings. The molecule has 6 N–H and O–H groups in total. The van der Waals surface area contributed by atoms with Gasteiger partial charge in [0.05, 0.1) is 19.8 Å². The summed E-state index contributed by atoms with van der Waals surface area (Å²) in [6, 6.07) is 7.61. The standard InChI is InChI=1S/C22H30N4O7/c23-12-15(21(30)25-18-20(29)19(28)17(13-27)33-22(18)31)11-14-1-3-16(4-2-14)24-5-6-26-7-9-32-10-8-26/h1-4,11,17-20,22,24,27-29,31H,5-10,13H2,(H,25,30)/b15-11+/t17-,18-,19-,20-,22?/m1/s1. The quantitative estimate of drug-likeness (QED) is 0.193. The summed E-state index contributed by atoms with van der Waals surface area (Å²) in [5.74, 6) is -0.841. The first-order chi connectivity index (χ1) is 15.9. The Hall–Kier alpha value is -2.56. The summed E-state index contributed by atoms with van der Waals surface area (Å²) in [4.78, 5) is 14.8. The van der Waals surface area contributed by atoms with Crippen LogP contribution in [0.4, 0.5) is 5.69 Å². The number of benzene rings is 1. The zero-order valence-electron chi connectivity index (χ0n) is 18.1. The number of aliphatic hydroxyl groups excluding tert-OH is 4. The lowest BCUT2D eigenvalue weighted by Crippen LogP contribution is -2.64. The lowest BCUT2D eigenvalue weighted by Gasteiger charge is -2.40. The van der Waals surface area contributed by atoms with Crippen LogP contribution in [0.2, 0.25) is 0 Å². The number of hydrogen-bond donors (Lipinski definition) is 6. The number of nitrogens with one attached hydrogen (secondary N) is 2. The molecule has 0 bridgehead atoms. The predicted molar refractivity (Wildman–Crippen MR) is 118 cm³/mol. The second-order valence-corrected chi connectivity index (χ2v) is 7.90. The van der Waals surface area contributed by atoms with Crippen molar-refractivity contribution in [2.75, 3.05) is 51.3 Å². The number of aliphatic hydroxyl groups is 4. The van der Waals surface area contributed by atoms with Crippen molar-refractivity contribution < 1.29 is 34.7 Å². The first-order valence-electron chi connectivity index (χ1n) is 10.8. The Kier molecular flexibility index (Phi) is 9.16. The van der Waals surface area contributed by atoms with Crippen LogP contribution < -0.4 is 10.6 Å². The van der Waals surface area contributed by atoms with Gasteiger partial charge in [0.15, 0.2) is 6.29 Å². The van der Waals surface area contributed by atoms with Crippen molar-refractivity contribution in [3.05, 3.63) is 35.4 Å². The first kappa shape index (κ1) is 25.1. The van der Waals surface area contributed by atoms with Gasteiger partial charge in [0, 0.05) is 31.9 Å². The van der Waals surface area contributed by atoms with E-state index in [2.05, 4.69) is 15.5 Å². The predicted octanol–water partition coefficient (Wildman–Crippen LogP) is -1.75. The number of anilines is 1. The van der Waals surface area contributed by atoms with Crippen LogP contribution in [0.25, 0.3) is 6.08 Å². The van der Waals surface area contributed by atoms with E-state index < -0.39 is 43.2 Å². The fourth-order valence-electron chi connectivity index (χ4n) is 3.68. The Morgan fingerprint density at radius 2 is 1.88 bits per heavy atom. The van der Waals surface area contributed by atoms with Crippen LogP contribution in [0.1, 0.15) is 5.56 Å². The number of carbonyl (C=O) groups is 1. The van der Waals surface area contributed by atoms with Crippen molar-refractivity contribution >= 4 is 17.7 Å². The topological polar surface area (TPSA) is 168 Å². The van der Waals surface area contributed by atoms with Crippen molar-refractivity contribution in [1.29, 1.82) is 5.26 Å². The Labute approximate surface area is 191 Å². The third kappa shape index (κ3) is 6.72. The zero-order chi connectivity index (χ0) is 23.8. The van der Waals surface area contributed by atoms with Crippen molar-refractivity contribution in [2.45, 2.75) is 30.6 Å². The van der Waals surface area contributed by atoms with E-state index in [0.29, 0.717) is 5.56 Å². The molecule has 2 saturated heterocycles. The van der Waals surface area contributed by atoms with Gasteiger partial charge in [-0.3, -0.25) is 9.69 Å². The van der Waals surface area contributed by atoms with Crippen LogP contribution in [-0.2, 0) is 14.3 Å². The SMILES string of the molecule is N#C/C(=C\c1ccc(NCCN2CCOCC2)cc1)C(=O)N[C@H]1C(O)O[C@H](CO)[C@@H](O)[C@@H]1O. The lowest BCUT2D eigenvalue weighted by molar-refractivity contribution is -0.253. The Morgan fingerprint density at radius 1 is 1.18 bits per heavy atom. The molecule has 0 aliphatic carbocycles. The minimum atomic E-state index is -1.66. The molecule has 2 fully saturated rings. The summed E-state index contributed by atoms with van der Waals surface area (Å²) in [5, 5.41) is 54.3. The van der Waals surface area contributed by atoms with E-state index in [9.17, 15) is 25.4 Å². The molecule has 11 heteroatoms. The van der Waals surface area contributed by atoms with Gasteiger partial charge in [-0.25, -0.2) is 0 Å². The van der Waals surface area contributed by atoms with E-state index in [1.807, 2.05) is 12.1 Å². The average molecular weight is 463 g/mol. The highest BCUT2D eigenvalue weighted by Gasteiger charge is 2.44. The largest absolute Gasteiger partial charge is 0.394 e. The smallest absolute Gasteiger partial charge is 0.262 e. The third-order valence-electron chi connectivity index (χ3n) is 5.65. The highest BCUT2D eigenvalue weighted by molar-refractivity contribution is 6.01. The fourth-order valence-corrected chi connectivity index (χ4v) is 3.68. The highest BCUT2D eigenvalue weighted by atomic mass is 16.6. The van der Waals surface area contributed by atoms with E-state index in [1.54, 1.807) is 18.2 Å². The van der Waals surface area contributed by atoms with Gasteiger partial charge in [0.2, 0.25) is 0 Å². The summed E-state index contributed by atoms with van der Waals surface area (Å²) in [6.45, 7) is 4.42. The maximum Gasteiger partial charge on any atom is 0.262 e. The molecule has 2 heterocycles. The monoisotopic (exact) mass is 462 g/mol. The summed E-state index contributed by atoms with van der Waals surface area (Å²) >= 11 is 0. The van der Waals surface area contributed by atoms with E-state index in [0.717, 1.165) is 45.1 Å². The van der Waals surface area contributed by atoms with Gasteiger partial charge in [0.25, 0.3) is 5.91 Å². The van der Waals surface area contributed by atoms with Crippen LogP contribution in [0, 0.1) is 11.3 Å². The second-order valence-electron chi connectivity index (χ2n) is 7.90. The number of rotatable bonds is 8. The number of nitrogens with zero attached hydrogens (tertiary/aromatic N) is 2. The van der Waals surface area contributed by atoms with Gasteiger partial charge in [-0.2, -0.15) is 5.26 Å². The van der Waals surface area contributed by atoms with E-state index in [4.69, 9.17) is 14.6 Å². The van der Waals surface area contributed by atoms with Crippen molar-refractivity contribution in [2.24, 2.45) is 0 Å². The maximum atomic E-state index is 12.5. The molecule has 3 rings (SSSR count). The number of amides is 1. The molecule has 2 aliphatic heterocycles. The summed E-state index contributed by atoms with van der Waals surface area (Å²) in [7, 11) is 0. The molecule has 33 heavy (non-hydrogen) atoms. The molecule has 0 spiro atoms. The molecule has 0 saturated carbocycles. The van der Waals surface area contributed by atoms with E-state index in [1.165, 1.54) is 6.08 Å². The van der Waals surface area contributed by atoms with Crippen LogP contribution >= 0.6 is 0 Å². The molecule has 1 unspecified atom stereocenters.